The van der Waals surface area contributed by atoms with Gasteiger partial charge >= 0.3 is 0 Å². The van der Waals surface area contributed by atoms with Crippen LogP contribution in [-0.4, -0.2) is 9.55 Å². The van der Waals surface area contributed by atoms with Crippen molar-refractivity contribution < 1.29 is 0 Å². The van der Waals surface area contributed by atoms with E-state index in [0.717, 1.165) is 13.0 Å². The zero-order chi connectivity index (χ0) is 11.4. The molecule has 2 rings (SSSR count). The van der Waals surface area contributed by atoms with Gasteiger partial charge in [-0.2, -0.15) is 0 Å². The van der Waals surface area contributed by atoms with Crippen LogP contribution in [-0.2, 0) is 6.54 Å². The number of pyridine rings is 1. The molecule has 0 spiro atoms. The molecule has 1 atom stereocenters. The van der Waals surface area contributed by atoms with Crippen molar-refractivity contribution in [2.24, 2.45) is 5.73 Å². The molecule has 16 heavy (non-hydrogen) atoms. The maximum absolute atomic E-state index is 5.98. The second kappa shape index (κ2) is 4.94. The standard InChI is InChI=1S/C13H17N3/c1-2-13(14)12-5-8-16(10-12)9-11-3-6-15-7-4-11/h3-8,10,13H,2,9,14H2,1H3. The molecule has 2 aromatic heterocycles. The first-order valence-electron chi connectivity index (χ1n) is 5.59. The first-order valence-corrected chi connectivity index (χ1v) is 5.59. The van der Waals surface area contributed by atoms with Crippen LogP contribution >= 0.6 is 0 Å². The summed E-state index contributed by atoms with van der Waals surface area (Å²) in [4.78, 5) is 4.00. The van der Waals surface area contributed by atoms with Gasteiger partial charge in [0.1, 0.15) is 0 Å². The van der Waals surface area contributed by atoms with E-state index in [4.69, 9.17) is 5.73 Å². The minimum Gasteiger partial charge on any atom is -0.350 e. The van der Waals surface area contributed by atoms with Crippen molar-refractivity contribution in [3.63, 3.8) is 0 Å². The summed E-state index contributed by atoms with van der Waals surface area (Å²) in [6.45, 7) is 2.98. The Morgan fingerprint density at radius 3 is 2.75 bits per heavy atom. The van der Waals surface area contributed by atoms with Crippen LogP contribution in [0.25, 0.3) is 0 Å². The predicted molar refractivity (Wildman–Crippen MR) is 65.0 cm³/mol. The van der Waals surface area contributed by atoms with E-state index in [9.17, 15) is 0 Å². The highest BCUT2D eigenvalue weighted by atomic mass is 14.9. The first-order chi connectivity index (χ1) is 7.79. The number of hydrogen-bond acceptors (Lipinski definition) is 2. The van der Waals surface area contributed by atoms with Crippen LogP contribution in [0.2, 0.25) is 0 Å². The molecule has 0 aromatic carbocycles. The Hall–Kier alpha value is -1.61. The molecule has 0 fully saturated rings. The summed E-state index contributed by atoms with van der Waals surface area (Å²) in [6.07, 6.45) is 8.80. The SMILES string of the molecule is CCC(N)c1ccn(Cc2ccncc2)c1. The lowest BCUT2D eigenvalue weighted by atomic mass is 10.1. The highest BCUT2D eigenvalue weighted by Gasteiger charge is 2.04. The molecular formula is C13H17N3. The molecule has 0 amide bonds. The van der Waals surface area contributed by atoms with Crippen LogP contribution < -0.4 is 5.73 Å². The van der Waals surface area contributed by atoms with Crippen molar-refractivity contribution in [3.05, 3.63) is 54.1 Å². The van der Waals surface area contributed by atoms with E-state index in [2.05, 4.69) is 34.9 Å². The fourth-order valence-electron chi connectivity index (χ4n) is 1.71. The zero-order valence-corrected chi connectivity index (χ0v) is 9.50. The van der Waals surface area contributed by atoms with E-state index in [1.54, 1.807) is 0 Å². The molecule has 2 N–H and O–H groups in total. The molecule has 0 aliphatic carbocycles. The van der Waals surface area contributed by atoms with Gasteiger partial charge in [-0.25, -0.2) is 0 Å². The Bertz CT molecular complexity index is 433. The minimum atomic E-state index is 0.152. The Morgan fingerprint density at radius 1 is 1.31 bits per heavy atom. The first kappa shape index (κ1) is 10.9. The number of hydrogen-bond donors (Lipinski definition) is 1. The Kier molecular flexibility index (Phi) is 3.37. The van der Waals surface area contributed by atoms with E-state index >= 15 is 0 Å². The average Bonchev–Trinajstić information content (AvgIpc) is 2.78. The highest BCUT2D eigenvalue weighted by molar-refractivity contribution is 5.17. The summed E-state index contributed by atoms with van der Waals surface area (Å²) in [7, 11) is 0. The molecule has 3 heteroatoms. The van der Waals surface area contributed by atoms with Crippen molar-refractivity contribution in [1.29, 1.82) is 0 Å². The highest BCUT2D eigenvalue weighted by Crippen LogP contribution is 2.14. The van der Waals surface area contributed by atoms with Gasteiger partial charge in [-0.05, 0) is 35.7 Å². The Balaban J connectivity index is 2.09. The van der Waals surface area contributed by atoms with Crippen molar-refractivity contribution >= 4 is 0 Å². The van der Waals surface area contributed by atoms with E-state index < -0.39 is 0 Å². The molecule has 0 aliphatic heterocycles. The Labute approximate surface area is 95.9 Å². The molecular weight excluding hydrogens is 198 g/mol. The van der Waals surface area contributed by atoms with Gasteiger partial charge in [0.05, 0.1) is 0 Å². The van der Waals surface area contributed by atoms with Crippen LogP contribution in [0.3, 0.4) is 0 Å². The lowest BCUT2D eigenvalue weighted by molar-refractivity contribution is 0.693. The lowest BCUT2D eigenvalue weighted by Gasteiger charge is -2.05. The second-order valence-corrected chi connectivity index (χ2v) is 3.99. The zero-order valence-electron chi connectivity index (χ0n) is 9.50. The van der Waals surface area contributed by atoms with E-state index in [1.165, 1.54) is 11.1 Å². The normalized spacial score (nSPS) is 12.6. The average molecular weight is 215 g/mol. The van der Waals surface area contributed by atoms with Crippen LogP contribution in [0.15, 0.2) is 43.0 Å². The number of nitrogens with two attached hydrogens (primary N) is 1. The molecule has 0 saturated carbocycles. The van der Waals surface area contributed by atoms with Crippen molar-refractivity contribution in [3.8, 4) is 0 Å². The van der Waals surface area contributed by atoms with Gasteiger partial charge < -0.3 is 10.3 Å². The largest absolute Gasteiger partial charge is 0.350 e. The molecule has 84 valence electrons. The predicted octanol–water partition coefficient (Wildman–Crippen LogP) is 2.34. The number of aromatic nitrogens is 2. The van der Waals surface area contributed by atoms with Crippen LogP contribution in [0.5, 0.6) is 0 Å². The fourth-order valence-corrected chi connectivity index (χ4v) is 1.71. The quantitative estimate of drug-likeness (QED) is 0.850. The van der Waals surface area contributed by atoms with E-state index in [0.29, 0.717) is 0 Å². The maximum atomic E-state index is 5.98. The summed E-state index contributed by atoms with van der Waals surface area (Å²) in [5.41, 5.74) is 8.43. The molecule has 1 unspecified atom stereocenters. The van der Waals surface area contributed by atoms with Gasteiger partial charge in [0.25, 0.3) is 0 Å². The van der Waals surface area contributed by atoms with Crippen molar-refractivity contribution in [1.82, 2.24) is 9.55 Å². The van der Waals surface area contributed by atoms with Crippen molar-refractivity contribution in [2.75, 3.05) is 0 Å². The molecule has 0 bridgehead atoms. The maximum Gasteiger partial charge on any atom is 0.0471 e. The third-order valence-electron chi connectivity index (χ3n) is 2.76. The third-order valence-corrected chi connectivity index (χ3v) is 2.76. The van der Waals surface area contributed by atoms with Crippen LogP contribution in [0, 0.1) is 0 Å². The number of rotatable bonds is 4. The van der Waals surface area contributed by atoms with Crippen LogP contribution in [0.1, 0.15) is 30.5 Å². The smallest absolute Gasteiger partial charge is 0.0471 e. The fraction of sp³-hybridized carbons (Fsp3) is 0.308. The van der Waals surface area contributed by atoms with E-state index in [1.807, 2.05) is 24.5 Å². The van der Waals surface area contributed by atoms with Gasteiger partial charge in [0.15, 0.2) is 0 Å². The lowest BCUT2D eigenvalue weighted by Crippen LogP contribution is -2.07. The number of nitrogens with zero attached hydrogens (tertiary/aromatic N) is 2. The van der Waals surface area contributed by atoms with Gasteiger partial charge in [-0.3, -0.25) is 4.98 Å². The van der Waals surface area contributed by atoms with E-state index in [-0.39, 0.29) is 6.04 Å². The van der Waals surface area contributed by atoms with Gasteiger partial charge in [0, 0.05) is 37.4 Å². The third kappa shape index (κ3) is 2.49. The molecule has 0 aliphatic rings. The topological polar surface area (TPSA) is 43.8 Å². The summed E-state index contributed by atoms with van der Waals surface area (Å²) < 4.78 is 2.15. The van der Waals surface area contributed by atoms with Crippen molar-refractivity contribution in [2.45, 2.75) is 25.9 Å². The summed E-state index contributed by atoms with van der Waals surface area (Å²) in [5.74, 6) is 0. The monoisotopic (exact) mass is 215 g/mol. The summed E-state index contributed by atoms with van der Waals surface area (Å²) in [6, 6.07) is 6.30. The molecule has 2 heterocycles. The molecule has 0 saturated heterocycles. The summed E-state index contributed by atoms with van der Waals surface area (Å²) in [5, 5.41) is 0. The van der Waals surface area contributed by atoms with Gasteiger partial charge in [-0.1, -0.05) is 6.92 Å². The molecule has 3 nitrogen and oxygen atoms in total. The van der Waals surface area contributed by atoms with Crippen LogP contribution in [0.4, 0.5) is 0 Å². The minimum absolute atomic E-state index is 0.152. The second-order valence-electron chi connectivity index (χ2n) is 3.99. The van der Waals surface area contributed by atoms with Gasteiger partial charge in [0.2, 0.25) is 0 Å². The Morgan fingerprint density at radius 2 is 2.06 bits per heavy atom. The molecule has 0 radical (unpaired) electrons. The summed E-state index contributed by atoms with van der Waals surface area (Å²) >= 11 is 0. The molecule has 2 aromatic rings. The van der Waals surface area contributed by atoms with Gasteiger partial charge in [-0.15, -0.1) is 0 Å².